The number of nitrogens with zero attached hydrogens (tertiary/aromatic N) is 1. The summed E-state index contributed by atoms with van der Waals surface area (Å²) in [7, 11) is 0. The summed E-state index contributed by atoms with van der Waals surface area (Å²) in [6, 6.07) is 5.71. The molecule has 1 fully saturated rings. The van der Waals surface area contributed by atoms with Gasteiger partial charge in [-0.3, -0.25) is 14.4 Å². The van der Waals surface area contributed by atoms with Crippen LogP contribution in [-0.4, -0.2) is 35.7 Å². The molecule has 1 aromatic rings. The van der Waals surface area contributed by atoms with Crippen LogP contribution < -0.4 is 11.1 Å². The lowest BCUT2D eigenvalue weighted by molar-refractivity contribution is -0.137. The van der Waals surface area contributed by atoms with Crippen LogP contribution in [0.5, 0.6) is 0 Å². The Morgan fingerprint density at radius 2 is 2.04 bits per heavy atom. The van der Waals surface area contributed by atoms with Gasteiger partial charge >= 0.3 is 0 Å². The van der Waals surface area contributed by atoms with E-state index in [-0.39, 0.29) is 30.1 Å². The Balaban J connectivity index is 1.91. The molecule has 1 saturated heterocycles. The fraction of sp³-hybridized carbons (Fsp3) is 0.471. The van der Waals surface area contributed by atoms with Crippen LogP contribution in [0.25, 0.3) is 0 Å². The van der Waals surface area contributed by atoms with E-state index in [1.807, 2.05) is 32.0 Å². The molecule has 0 saturated carbocycles. The number of nitrogens with one attached hydrogen (secondary N) is 1. The Hall–Kier alpha value is -2.37. The monoisotopic (exact) mass is 317 g/mol. The SMILES string of the molecule is Cc1ccc(NC(=O)CC(=O)N2CCC[C@H](C(N)=O)C2)c(C)c1. The van der Waals surface area contributed by atoms with Crippen LogP contribution in [0, 0.1) is 19.8 Å². The Labute approximate surface area is 136 Å². The number of carbonyl (C=O) groups excluding carboxylic acids is 3. The molecular weight excluding hydrogens is 294 g/mol. The number of carbonyl (C=O) groups is 3. The zero-order valence-electron chi connectivity index (χ0n) is 13.6. The van der Waals surface area contributed by atoms with Gasteiger partial charge in [0.1, 0.15) is 6.42 Å². The lowest BCUT2D eigenvalue weighted by Gasteiger charge is -2.31. The molecule has 3 amide bonds. The second kappa shape index (κ2) is 7.26. The van der Waals surface area contributed by atoms with Crippen molar-refractivity contribution in [3.8, 4) is 0 Å². The first-order valence-electron chi connectivity index (χ1n) is 7.81. The number of piperidine rings is 1. The lowest BCUT2D eigenvalue weighted by atomic mass is 9.97. The van der Waals surface area contributed by atoms with E-state index < -0.39 is 0 Å². The summed E-state index contributed by atoms with van der Waals surface area (Å²) in [5.41, 5.74) is 8.09. The van der Waals surface area contributed by atoms with Gasteiger partial charge < -0.3 is 16.0 Å². The van der Waals surface area contributed by atoms with E-state index in [2.05, 4.69) is 5.32 Å². The Morgan fingerprint density at radius 1 is 1.30 bits per heavy atom. The van der Waals surface area contributed by atoms with Gasteiger partial charge in [-0.05, 0) is 38.3 Å². The number of nitrogens with two attached hydrogens (primary N) is 1. The Morgan fingerprint density at radius 3 is 2.70 bits per heavy atom. The number of rotatable bonds is 4. The standard InChI is InChI=1S/C17H23N3O3/c1-11-5-6-14(12(2)8-11)19-15(21)9-16(22)20-7-3-4-13(10-20)17(18)23/h5-6,8,13H,3-4,7,9-10H2,1-2H3,(H2,18,23)(H,19,21)/t13-/m0/s1. The van der Waals surface area contributed by atoms with E-state index in [1.165, 1.54) is 0 Å². The molecule has 1 aliphatic rings. The predicted octanol–water partition coefficient (Wildman–Crippen LogP) is 1.36. The number of likely N-dealkylation sites (tertiary alicyclic amines) is 1. The van der Waals surface area contributed by atoms with Crippen molar-refractivity contribution in [1.82, 2.24) is 4.90 Å². The second-order valence-electron chi connectivity index (χ2n) is 6.12. The van der Waals surface area contributed by atoms with Gasteiger partial charge in [-0.25, -0.2) is 0 Å². The van der Waals surface area contributed by atoms with Gasteiger partial charge in [0.25, 0.3) is 0 Å². The smallest absolute Gasteiger partial charge is 0.233 e. The van der Waals surface area contributed by atoms with Gasteiger partial charge in [-0.15, -0.1) is 0 Å². The molecule has 0 radical (unpaired) electrons. The van der Waals surface area contributed by atoms with Gasteiger partial charge in [0.2, 0.25) is 17.7 Å². The summed E-state index contributed by atoms with van der Waals surface area (Å²) in [5.74, 6) is -1.31. The van der Waals surface area contributed by atoms with Gasteiger partial charge in [0.05, 0.1) is 5.92 Å². The summed E-state index contributed by atoms with van der Waals surface area (Å²) in [6.07, 6.45) is 1.21. The van der Waals surface area contributed by atoms with Crippen molar-refractivity contribution in [2.24, 2.45) is 11.7 Å². The predicted molar refractivity (Wildman–Crippen MR) is 87.7 cm³/mol. The van der Waals surface area contributed by atoms with E-state index in [0.29, 0.717) is 25.2 Å². The molecule has 23 heavy (non-hydrogen) atoms. The van der Waals surface area contributed by atoms with Gasteiger partial charge in [0, 0.05) is 18.8 Å². The topological polar surface area (TPSA) is 92.5 Å². The molecule has 0 unspecified atom stereocenters. The van der Waals surface area contributed by atoms with Crippen LogP contribution in [-0.2, 0) is 14.4 Å². The van der Waals surface area contributed by atoms with Crippen molar-refractivity contribution < 1.29 is 14.4 Å². The molecule has 1 aliphatic heterocycles. The number of anilines is 1. The van der Waals surface area contributed by atoms with Crippen molar-refractivity contribution in [3.05, 3.63) is 29.3 Å². The van der Waals surface area contributed by atoms with E-state index in [0.717, 1.165) is 17.5 Å². The van der Waals surface area contributed by atoms with Crippen molar-refractivity contribution in [1.29, 1.82) is 0 Å². The van der Waals surface area contributed by atoms with E-state index in [9.17, 15) is 14.4 Å². The summed E-state index contributed by atoms with van der Waals surface area (Å²) in [4.78, 5) is 37.1. The summed E-state index contributed by atoms with van der Waals surface area (Å²) in [6.45, 7) is 4.77. The molecule has 124 valence electrons. The molecule has 0 aromatic heterocycles. The Kier molecular flexibility index (Phi) is 5.36. The molecule has 0 aliphatic carbocycles. The van der Waals surface area contributed by atoms with Crippen LogP contribution in [0.3, 0.4) is 0 Å². The van der Waals surface area contributed by atoms with E-state index in [4.69, 9.17) is 5.73 Å². The fourth-order valence-corrected chi connectivity index (χ4v) is 2.83. The number of aryl methyl sites for hydroxylation is 2. The maximum Gasteiger partial charge on any atom is 0.233 e. The molecule has 2 rings (SSSR count). The molecule has 1 heterocycles. The zero-order valence-corrected chi connectivity index (χ0v) is 13.6. The molecule has 6 heteroatoms. The number of benzene rings is 1. The zero-order chi connectivity index (χ0) is 17.0. The van der Waals surface area contributed by atoms with Crippen LogP contribution >= 0.6 is 0 Å². The van der Waals surface area contributed by atoms with Gasteiger partial charge in [-0.1, -0.05) is 17.7 Å². The second-order valence-corrected chi connectivity index (χ2v) is 6.12. The van der Waals surface area contributed by atoms with Crippen LogP contribution in [0.15, 0.2) is 18.2 Å². The average Bonchev–Trinajstić information content (AvgIpc) is 2.50. The van der Waals surface area contributed by atoms with Crippen LogP contribution in [0.1, 0.15) is 30.4 Å². The first kappa shape index (κ1) is 17.0. The molecule has 1 atom stereocenters. The molecule has 0 spiro atoms. The molecule has 6 nitrogen and oxygen atoms in total. The maximum atomic E-state index is 12.2. The largest absolute Gasteiger partial charge is 0.369 e. The highest BCUT2D eigenvalue weighted by molar-refractivity contribution is 6.04. The quantitative estimate of drug-likeness (QED) is 0.821. The average molecular weight is 317 g/mol. The van der Waals surface area contributed by atoms with Crippen LogP contribution in [0.4, 0.5) is 5.69 Å². The fourth-order valence-electron chi connectivity index (χ4n) is 2.83. The summed E-state index contributed by atoms with van der Waals surface area (Å²) >= 11 is 0. The van der Waals surface area contributed by atoms with Crippen LogP contribution in [0.2, 0.25) is 0 Å². The van der Waals surface area contributed by atoms with Crippen molar-refractivity contribution in [2.45, 2.75) is 33.1 Å². The first-order chi connectivity index (χ1) is 10.9. The number of amides is 3. The third-order valence-corrected chi connectivity index (χ3v) is 4.14. The van der Waals surface area contributed by atoms with Crippen molar-refractivity contribution in [3.63, 3.8) is 0 Å². The molecule has 3 N–H and O–H groups in total. The third-order valence-electron chi connectivity index (χ3n) is 4.14. The summed E-state index contributed by atoms with van der Waals surface area (Å²) in [5, 5.41) is 2.76. The normalized spacial score (nSPS) is 17.7. The minimum Gasteiger partial charge on any atom is -0.369 e. The minimum atomic E-state index is -0.387. The highest BCUT2D eigenvalue weighted by Crippen LogP contribution is 2.18. The highest BCUT2D eigenvalue weighted by atomic mass is 16.2. The van der Waals surface area contributed by atoms with Crippen molar-refractivity contribution >= 4 is 23.4 Å². The molecule has 0 bridgehead atoms. The summed E-state index contributed by atoms with van der Waals surface area (Å²) < 4.78 is 0. The molecule has 1 aromatic carbocycles. The highest BCUT2D eigenvalue weighted by Gasteiger charge is 2.27. The first-order valence-corrected chi connectivity index (χ1v) is 7.81. The third kappa shape index (κ3) is 4.55. The van der Waals surface area contributed by atoms with Gasteiger partial charge in [0.15, 0.2) is 0 Å². The number of hydrogen-bond acceptors (Lipinski definition) is 3. The molecular formula is C17H23N3O3. The number of hydrogen-bond donors (Lipinski definition) is 2. The minimum absolute atomic E-state index is 0.223. The lowest BCUT2D eigenvalue weighted by Crippen LogP contribution is -2.44. The maximum absolute atomic E-state index is 12.2. The van der Waals surface area contributed by atoms with Crippen molar-refractivity contribution in [2.75, 3.05) is 18.4 Å². The van der Waals surface area contributed by atoms with E-state index in [1.54, 1.807) is 4.90 Å². The Bertz CT molecular complexity index is 628. The number of primary amides is 1. The van der Waals surface area contributed by atoms with E-state index >= 15 is 0 Å². The van der Waals surface area contributed by atoms with Gasteiger partial charge in [-0.2, -0.15) is 0 Å².